The van der Waals surface area contributed by atoms with Crippen molar-refractivity contribution in [3.05, 3.63) is 69.4 Å². The summed E-state index contributed by atoms with van der Waals surface area (Å²) in [5, 5.41) is 0. The van der Waals surface area contributed by atoms with E-state index in [0.29, 0.717) is 6.54 Å². The fourth-order valence-corrected chi connectivity index (χ4v) is 3.54. The van der Waals surface area contributed by atoms with E-state index in [9.17, 15) is 4.39 Å². The van der Waals surface area contributed by atoms with Crippen LogP contribution < -0.4 is 5.73 Å². The molecule has 2 aromatic carbocycles. The van der Waals surface area contributed by atoms with Crippen molar-refractivity contribution in [1.29, 1.82) is 0 Å². The highest BCUT2D eigenvalue weighted by molar-refractivity contribution is 9.10. The Hall–Kier alpha value is -1.23. The summed E-state index contributed by atoms with van der Waals surface area (Å²) in [5.41, 5.74) is 9.67. The monoisotopic (exact) mass is 348 g/mol. The molecule has 0 saturated heterocycles. The highest BCUT2D eigenvalue weighted by Gasteiger charge is 2.25. The molecule has 0 aliphatic carbocycles. The summed E-state index contributed by atoms with van der Waals surface area (Å²) in [5.74, 6) is -0.218. The van der Waals surface area contributed by atoms with Gasteiger partial charge in [0.2, 0.25) is 0 Å². The fraction of sp³-hybridized carbons (Fsp3) is 0.294. The van der Waals surface area contributed by atoms with Gasteiger partial charge in [-0.25, -0.2) is 4.39 Å². The molecule has 0 aromatic heterocycles. The second-order valence-corrected chi connectivity index (χ2v) is 6.26. The number of benzene rings is 2. The third-order valence-electron chi connectivity index (χ3n) is 4.14. The third kappa shape index (κ3) is 3.03. The molecule has 0 radical (unpaired) electrons. The van der Waals surface area contributed by atoms with Gasteiger partial charge in [-0.2, -0.15) is 0 Å². The van der Waals surface area contributed by atoms with E-state index in [-0.39, 0.29) is 11.9 Å². The number of hydrogen-bond acceptors (Lipinski definition) is 2. The van der Waals surface area contributed by atoms with E-state index < -0.39 is 0 Å². The Morgan fingerprint density at radius 2 is 1.95 bits per heavy atom. The van der Waals surface area contributed by atoms with E-state index in [1.54, 1.807) is 12.1 Å². The Kier molecular flexibility index (Phi) is 4.38. The number of fused-ring (bicyclic) bond motifs is 1. The van der Waals surface area contributed by atoms with E-state index in [4.69, 9.17) is 5.73 Å². The molecule has 1 heterocycles. The Morgan fingerprint density at radius 1 is 1.19 bits per heavy atom. The van der Waals surface area contributed by atoms with Gasteiger partial charge in [0.05, 0.1) is 0 Å². The summed E-state index contributed by atoms with van der Waals surface area (Å²) in [6.07, 6.45) is 1.01. The molecule has 1 unspecified atom stereocenters. The van der Waals surface area contributed by atoms with Crippen LogP contribution in [0.4, 0.5) is 4.39 Å². The number of nitrogens with zero attached hydrogens (tertiary/aromatic N) is 1. The van der Waals surface area contributed by atoms with Gasteiger partial charge in [0, 0.05) is 30.1 Å². The molecule has 2 N–H and O–H groups in total. The zero-order valence-corrected chi connectivity index (χ0v) is 13.3. The minimum atomic E-state index is -0.218. The van der Waals surface area contributed by atoms with Crippen LogP contribution in [0.25, 0.3) is 0 Å². The van der Waals surface area contributed by atoms with Gasteiger partial charge in [-0.05, 0) is 41.3 Å². The SMILES string of the molecule is NCC(c1cc(F)ccc1Br)N1CCc2ccccc2C1. The Bertz CT molecular complexity index is 644. The number of rotatable bonds is 3. The van der Waals surface area contributed by atoms with Crippen LogP contribution in [-0.4, -0.2) is 18.0 Å². The van der Waals surface area contributed by atoms with Gasteiger partial charge in [-0.15, -0.1) is 0 Å². The first kappa shape index (κ1) is 14.7. The molecule has 0 amide bonds. The van der Waals surface area contributed by atoms with Gasteiger partial charge < -0.3 is 5.73 Å². The van der Waals surface area contributed by atoms with Crippen LogP contribution in [0.5, 0.6) is 0 Å². The van der Waals surface area contributed by atoms with Crippen LogP contribution >= 0.6 is 15.9 Å². The molecule has 1 atom stereocenters. The Morgan fingerprint density at radius 3 is 2.71 bits per heavy atom. The van der Waals surface area contributed by atoms with Crippen LogP contribution in [-0.2, 0) is 13.0 Å². The summed E-state index contributed by atoms with van der Waals surface area (Å²) < 4.78 is 14.5. The maximum absolute atomic E-state index is 13.6. The predicted molar refractivity (Wildman–Crippen MR) is 86.5 cm³/mol. The smallest absolute Gasteiger partial charge is 0.123 e. The largest absolute Gasteiger partial charge is 0.329 e. The van der Waals surface area contributed by atoms with E-state index >= 15 is 0 Å². The lowest BCUT2D eigenvalue weighted by molar-refractivity contribution is 0.183. The topological polar surface area (TPSA) is 29.3 Å². The van der Waals surface area contributed by atoms with Crippen molar-refractivity contribution in [1.82, 2.24) is 4.90 Å². The molecule has 110 valence electrons. The van der Waals surface area contributed by atoms with Gasteiger partial charge >= 0.3 is 0 Å². The first-order valence-electron chi connectivity index (χ1n) is 7.15. The quantitative estimate of drug-likeness (QED) is 0.917. The minimum Gasteiger partial charge on any atom is -0.329 e. The van der Waals surface area contributed by atoms with Crippen molar-refractivity contribution in [3.8, 4) is 0 Å². The van der Waals surface area contributed by atoms with Gasteiger partial charge in [-0.3, -0.25) is 4.90 Å². The molecule has 0 fully saturated rings. The van der Waals surface area contributed by atoms with Gasteiger partial charge in [0.15, 0.2) is 0 Å². The maximum atomic E-state index is 13.6. The van der Waals surface area contributed by atoms with Crippen LogP contribution in [0.2, 0.25) is 0 Å². The highest BCUT2D eigenvalue weighted by atomic mass is 79.9. The standard InChI is InChI=1S/C17H18BrFN2/c18-16-6-5-14(19)9-15(16)17(10-20)21-8-7-12-3-1-2-4-13(12)11-21/h1-6,9,17H,7-8,10-11,20H2. The lowest BCUT2D eigenvalue weighted by Gasteiger charge is -2.35. The van der Waals surface area contributed by atoms with Gasteiger partial charge in [-0.1, -0.05) is 40.2 Å². The van der Waals surface area contributed by atoms with Gasteiger partial charge in [0.1, 0.15) is 5.82 Å². The summed E-state index contributed by atoms with van der Waals surface area (Å²) >= 11 is 3.52. The van der Waals surface area contributed by atoms with Crippen LogP contribution in [0.3, 0.4) is 0 Å². The van der Waals surface area contributed by atoms with E-state index in [2.05, 4.69) is 45.1 Å². The fourth-order valence-electron chi connectivity index (χ4n) is 3.03. The Labute approximate surface area is 132 Å². The van der Waals surface area contributed by atoms with Crippen molar-refractivity contribution >= 4 is 15.9 Å². The molecule has 0 spiro atoms. The van der Waals surface area contributed by atoms with Gasteiger partial charge in [0.25, 0.3) is 0 Å². The van der Waals surface area contributed by atoms with Crippen LogP contribution in [0.15, 0.2) is 46.9 Å². The first-order valence-corrected chi connectivity index (χ1v) is 7.94. The first-order chi connectivity index (χ1) is 10.2. The summed E-state index contributed by atoms with van der Waals surface area (Å²) in [6.45, 7) is 2.28. The number of hydrogen-bond donors (Lipinski definition) is 1. The van der Waals surface area contributed by atoms with Crippen molar-refractivity contribution < 1.29 is 4.39 Å². The molecular weight excluding hydrogens is 331 g/mol. The maximum Gasteiger partial charge on any atom is 0.123 e. The number of halogens is 2. The van der Waals surface area contributed by atoms with Crippen molar-refractivity contribution in [3.63, 3.8) is 0 Å². The average molecular weight is 349 g/mol. The van der Waals surface area contributed by atoms with E-state index in [1.807, 2.05) is 0 Å². The molecule has 2 nitrogen and oxygen atoms in total. The molecule has 2 aromatic rings. The Balaban J connectivity index is 1.90. The minimum absolute atomic E-state index is 0.0310. The molecule has 1 aliphatic heterocycles. The predicted octanol–water partition coefficient (Wildman–Crippen LogP) is 3.65. The zero-order chi connectivity index (χ0) is 14.8. The molecule has 0 saturated carbocycles. The van der Waals surface area contributed by atoms with Crippen molar-refractivity contribution in [2.75, 3.05) is 13.1 Å². The number of nitrogens with two attached hydrogens (primary N) is 1. The lowest BCUT2D eigenvalue weighted by atomic mass is 9.96. The van der Waals surface area contributed by atoms with Crippen molar-refractivity contribution in [2.45, 2.75) is 19.0 Å². The van der Waals surface area contributed by atoms with Crippen LogP contribution in [0.1, 0.15) is 22.7 Å². The molecular formula is C17H18BrFN2. The molecule has 0 bridgehead atoms. The zero-order valence-electron chi connectivity index (χ0n) is 11.7. The second-order valence-electron chi connectivity index (χ2n) is 5.41. The highest BCUT2D eigenvalue weighted by Crippen LogP contribution is 2.31. The summed E-state index contributed by atoms with van der Waals surface area (Å²) in [4.78, 5) is 2.34. The normalized spacial score (nSPS) is 16.5. The van der Waals surface area contributed by atoms with E-state index in [1.165, 1.54) is 17.2 Å². The third-order valence-corrected chi connectivity index (χ3v) is 4.86. The van der Waals surface area contributed by atoms with E-state index in [0.717, 1.165) is 29.5 Å². The molecule has 21 heavy (non-hydrogen) atoms. The van der Waals surface area contributed by atoms with Crippen LogP contribution in [0, 0.1) is 5.82 Å². The molecule has 1 aliphatic rings. The van der Waals surface area contributed by atoms with Crippen molar-refractivity contribution in [2.24, 2.45) is 5.73 Å². The summed E-state index contributed by atoms with van der Waals surface area (Å²) in [7, 11) is 0. The molecule has 4 heteroatoms. The average Bonchev–Trinajstić information content (AvgIpc) is 2.51. The lowest BCUT2D eigenvalue weighted by Crippen LogP contribution is -2.37. The second kappa shape index (κ2) is 6.26. The molecule has 3 rings (SSSR count). The summed E-state index contributed by atoms with van der Waals surface area (Å²) in [6, 6.07) is 13.3.